The largest absolute Gasteiger partial charge is 0.459 e. The van der Waals surface area contributed by atoms with Gasteiger partial charge in [0.15, 0.2) is 5.76 Å². The van der Waals surface area contributed by atoms with Gasteiger partial charge in [-0.1, -0.05) is 19.9 Å². The molecule has 0 aliphatic heterocycles. The Morgan fingerprint density at radius 2 is 1.95 bits per heavy atom. The normalized spacial score (nSPS) is 12.0. The second kappa shape index (κ2) is 6.89. The van der Waals surface area contributed by atoms with Gasteiger partial charge in [-0.05, 0) is 36.2 Å². The molecular weight excluding hydrogens is 287 g/mol. The van der Waals surface area contributed by atoms with Crippen molar-refractivity contribution in [3.05, 3.63) is 54.2 Å². The maximum atomic E-state index is 13.1. The summed E-state index contributed by atoms with van der Waals surface area (Å²) in [6, 6.07) is 7.91. The van der Waals surface area contributed by atoms with Crippen LogP contribution in [0.5, 0.6) is 0 Å². The van der Waals surface area contributed by atoms with Crippen LogP contribution in [0.15, 0.2) is 47.1 Å². The summed E-state index contributed by atoms with van der Waals surface area (Å²) in [7, 11) is 0. The van der Waals surface area contributed by atoms with Gasteiger partial charge in [0, 0.05) is 5.69 Å². The molecular formula is C16H17FN2O3. The maximum Gasteiger partial charge on any atom is 0.287 e. The molecule has 2 aromatic rings. The van der Waals surface area contributed by atoms with Crippen LogP contribution in [0.4, 0.5) is 10.1 Å². The van der Waals surface area contributed by atoms with Gasteiger partial charge in [0.25, 0.3) is 5.91 Å². The van der Waals surface area contributed by atoms with Crippen molar-refractivity contribution in [2.24, 2.45) is 5.92 Å². The van der Waals surface area contributed by atoms with E-state index in [1.165, 1.54) is 30.5 Å². The molecule has 0 fully saturated rings. The Kier molecular flexibility index (Phi) is 4.93. The minimum Gasteiger partial charge on any atom is -0.459 e. The van der Waals surface area contributed by atoms with E-state index in [1.54, 1.807) is 26.0 Å². The molecule has 1 aromatic heterocycles. The van der Waals surface area contributed by atoms with Crippen molar-refractivity contribution in [1.29, 1.82) is 0 Å². The van der Waals surface area contributed by atoms with E-state index in [0.29, 0.717) is 5.69 Å². The zero-order valence-electron chi connectivity index (χ0n) is 12.3. The topological polar surface area (TPSA) is 71.3 Å². The highest BCUT2D eigenvalue weighted by Crippen LogP contribution is 2.12. The molecule has 2 rings (SSSR count). The number of benzene rings is 1. The fourth-order valence-electron chi connectivity index (χ4n) is 1.94. The van der Waals surface area contributed by atoms with Crippen molar-refractivity contribution in [2.45, 2.75) is 19.9 Å². The third kappa shape index (κ3) is 3.94. The van der Waals surface area contributed by atoms with E-state index in [2.05, 4.69) is 10.6 Å². The van der Waals surface area contributed by atoms with Crippen molar-refractivity contribution in [3.8, 4) is 0 Å². The van der Waals surface area contributed by atoms with E-state index in [-0.39, 0.29) is 11.7 Å². The number of furan rings is 1. The van der Waals surface area contributed by atoms with Gasteiger partial charge >= 0.3 is 0 Å². The average molecular weight is 304 g/mol. The van der Waals surface area contributed by atoms with Gasteiger partial charge in [0.2, 0.25) is 5.91 Å². The van der Waals surface area contributed by atoms with E-state index in [1.807, 2.05) is 0 Å². The quantitative estimate of drug-likeness (QED) is 0.892. The third-order valence-electron chi connectivity index (χ3n) is 3.07. The first-order chi connectivity index (χ1) is 10.5. The van der Waals surface area contributed by atoms with Crippen LogP contribution in [0.1, 0.15) is 24.4 Å². The first-order valence-corrected chi connectivity index (χ1v) is 6.88. The molecule has 0 unspecified atom stereocenters. The van der Waals surface area contributed by atoms with Gasteiger partial charge in [-0.25, -0.2) is 4.39 Å². The van der Waals surface area contributed by atoms with Crippen molar-refractivity contribution in [3.63, 3.8) is 0 Å². The number of hydrogen-bond acceptors (Lipinski definition) is 3. The number of carbonyl (C=O) groups excluding carboxylic acids is 2. The lowest BCUT2D eigenvalue weighted by atomic mass is 10.0. The van der Waals surface area contributed by atoms with E-state index < -0.39 is 23.7 Å². The molecule has 2 N–H and O–H groups in total. The summed E-state index contributed by atoms with van der Waals surface area (Å²) in [6.07, 6.45) is 1.38. The number of nitrogens with one attached hydrogen (secondary N) is 2. The SMILES string of the molecule is CC(C)[C@H](NC(=O)c1ccco1)C(=O)Nc1cccc(F)c1. The molecule has 1 aromatic carbocycles. The monoisotopic (exact) mass is 304 g/mol. The predicted octanol–water partition coefficient (Wildman–Crippen LogP) is 2.81. The molecule has 22 heavy (non-hydrogen) atoms. The van der Waals surface area contributed by atoms with Crippen LogP contribution < -0.4 is 10.6 Å². The first-order valence-electron chi connectivity index (χ1n) is 6.88. The second-order valence-corrected chi connectivity index (χ2v) is 5.17. The lowest BCUT2D eigenvalue weighted by Crippen LogP contribution is -2.47. The van der Waals surface area contributed by atoms with Gasteiger partial charge in [0.1, 0.15) is 11.9 Å². The van der Waals surface area contributed by atoms with Gasteiger partial charge in [-0.15, -0.1) is 0 Å². The number of halogens is 1. The molecule has 0 radical (unpaired) electrons. The lowest BCUT2D eigenvalue weighted by molar-refractivity contribution is -0.118. The average Bonchev–Trinajstić information content (AvgIpc) is 2.98. The summed E-state index contributed by atoms with van der Waals surface area (Å²) in [5.74, 6) is -1.35. The molecule has 0 bridgehead atoms. The Hall–Kier alpha value is -2.63. The molecule has 0 saturated carbocycles. The third-order valence-corrected chi connectivity index (χ3v) is 3.07. The van der Waals surface area contributed by atoms with Crippen molar-refractivity contribution < 1.29 is 18.4 Å². The van der Waals surface area contributed by atoms with Gasteiger partial charge in [-0.2, -0.15) is 0 Å². The van der Waals surface area contributed by atoms with Crippen LogP contribution in [0.2, 0.25) is 0 Å². The summed E-state index contributed by atoms with van der Waals surface area (Å²) in [4.78, 5) is 24.3. The number of amides is 2. The Morgan fingerprint density at radius 1 is 1.18 bits per heavy atom. The number of carbonyl (C=O) groups is 2. The number of hydrogen-bond donors (Lipinski definition) is 2. The Balaban J connectivity index is 2.07. The van der Waals surface area contributed by atoms with E-state index >= 15 is 0 Å². The van der Waals surface area contributed by atoms with Crippen LogP contribution in [-0.2, 0) is 4.79 Å². The van der Waals surface area contributed by atoms with E-state index in [9.17, 15) is 14.0 Å². The molecule has 1 heterocycles. The molecule has 6 heteroatoms. The first kappa shape index (κ1) is 15.8. The highest BCUT2D eigenvalue weighted by molar-refractivity contribution is 6.00. The van der Waals surface area contributed by atoms with E-state index in [4.69, 9.17) is 4.42 Å². The summed E-state index contributed by atoms with van der Waals surface area (Å²) in [5.41, 5.74) is 0.336. The Morgan fingerprint density at radius 3 is 2.55 bits per heavy atom. The van der Waals surface area contributed by atoms with Crippen LogP contribution in [0.25, 0.3) is 0 Å². The molecule has 0 saturated heterocycles. The van der Waals surface area contributed by atoms with Gasteiger partial charge < -0.3 is 15.1 Å². The summed E-state index contributed by atoms with van der Waals surface area (Å²) in [6.45, 7) is 3.61. The fourth-order valence-corrected chi connectivity index (χ4v) is 1.94. The molecule has 5 nitrogen and oxygen atoms in total. The standard InChI is InChI=1S/C16H17FN2O3/c1-10(2)14(19-15(20)13-7-4-8-22-13)16(21)18-12-6-3-5-11(17)9-12/h3-10,14H,1-2H3,(H,18,21)(H,19,20)/t14-/m0/s1. The highest BCUT2D eigenvalue weighted by Gasteiger charge is 2.25. The van der Waals surface area contributed by atoms with Crippen molar-refractivity contribution in [1.82, 2.24) is 5.32 Å². The lowest BCUT2D eigenvalue weighted by Gasteiger charge is -2.21. The molecule has 0 aliphatic rings. The molecule has 0 spiro atoms. The predicted molar refractivity (Wildman–Crippen MR) is 79.8 cm³/mol. The minimum atomic E-state index is -0.763. The zero-order chi connectivity index (χ0) is 16.1. The Bertz CT molecular complexity index is 653. The van der Waals surface area contributed by atoms with Crippen LogP contribution in [0, 0.1) is 11.7 Å². The summed E-state index contributed by atoms with van der Waals surface area (Å²) in [5, 5.41) is 5.21. The van der Waals surface area contributed by atoms with Crippen LogP contribution >= 0.6 is 0 Å². The molecule has 116 valence electrons. The second-order valence-electron chi connectivity index (χ2n) is 5.17. The highest BCUT2D eigenvalue weighted by atomic mass is 19.1. The Labute approximate surface area is 127 Å². The summed E-state index contributed by atoms with van der Waals surface area (Å²) >= 11 is 0. The minimum absolute atomic E-state index is 0.129. The number of anilines is 1. The molecule has 2 amide bonds. The smallest absolute Gasteiger partial charge is 0.287 e. The molecule has 0 aliphatic carbocycles. The van der Waals surface area contributed by atoms with Crippen molar-refractivity contribution in [2.75, 3.05) is 5.32 Å². The van der Waals surface area contributed by atoms with E-state index in [0.717, 1.165) is 0 Å². The van der Waals surface area contributed by atoms with Gasteiger partial charge in [-0.3, -0.25) is 9.59 Å². The van der Waals surface area contributed by atoms with Crippen LogP contribution in [0.3, 0.4) is 0 Å². The zero-order valence-corrected chi connectivity index (χ0v) is 12.3. The summed E-state index contributed by atoms with van der Waals surface area (Å²) < 4.78 is 18.1. The maximum absolute atomic E-state index is 13.1. The van der Waals surface area contributed by atoms with Crippen molar-refractivity contribution >= 4 is 17.5 Å². The van der Waals surface area contributed by atoms with Crippen LogP contribution in [-0.4, -0.2) is 17.9 Å². The fraction of sp³-hybridized carbons (Fsp3) is 0.250. The van der Waals surface area contributed by atoms with Gasteiger partial charge in [0.05, 0.1) is 6.26 Å². The molecule has 1 atom stereocenters. The number of rotatable bonds is 5.